The van der Waals surface area contributed by atoms with Gasteiger partial charge in [-0.2, -0.15) is 0 Å². The van der Waals surface area contributed by atoms with E-state index in [1.807, 2.05) is 54.6 Å². The number of para-hydroxylation sites is 1. The molecule has 0 saturated heterocycles. The maximum atomic E-state index is 13.0. The molecule has 0 bridgehead atoms. The van der Waals surface area contributed by atoms with Gasteiger partial charge in [-0.05, 0) is 47.4 Å². The van der Waals surface area contributed by atoms with Crippen molar-refractivity contribution in [2.45, 2.75) is 78.7 Å². The van der Waals surface area contributed by atoms with E-state index in [1.165, 1.54) is 30.4 Å². The molecule has 3 heteroatoms. The van der Waals surface area contributed by atoms with Gasteiger partial charge in [0.1, 0.15) is 5.75 Å². The van der Waals surface area contributed by atoms with Gasteiger partial charge in [0.25, 0.3) is 0 Å². The summed E-state index contributed by atoms with van der Waals surface area (Å²) in [6.07, 6.45) is 7.12. The Morgan fingerprint density at radius 2 is 1.49 bits per heavy atom. The number of nitrogens with one attached hydrogen (secondary N) is 1. The van der Waals surface area contributed by atoms with Gasteiger partial charge in [-0.3, -0.25) is 0 Å². The Morgan fingerprint density at radius 3 is 2.17 bits per heavy atom. The Hall–Kier alpha value is -3.07. The van der Waals surface area contributed by atoms with Crippen LogP contribution in [0.5, 0.6) is 5.75 Å². The fraction of sp³-hybridized carbons (Fsp3) is 0.406. The van der Waals surface area contributed by atoms with Crippen LogP contribution in [0.4, 0.5) is 4.79 Å². The number of amides is 1. The predicted octanol–water partition coefficient (Wildman–Crippen LogP) is 8.61. The molecule has 3 aromatic carbocycles. The number of hydrogen-bond acceptors (Lipinski definition) is 2. The van der Waals surface area contributed by atoms with Crippen molar-refractivity contribution in [3.8, 4) is 16.9 Å². The second-order valence-corrected chi connectivity index (χ2v) is 10.7. The van der Waals surface area contributed by atoms with Crippen molar-refractivity contribution in [1.82, 2.24) is 5.32 Å². The number of unbranched alkanes of at least 4 members (excludes halogenated alkanes) is 3. The molecular weight excluding hydrogens is 430 g/mol. The van der Waals surface area contributed by atoms with Gasteiger partial charge in [0, 0.05) is 11.6 Å². The van der Waals surface area contributed by atoms with Crippen molar-refractivity contribution in [3.05, 3.63) is 90.0 Å². The summed E-state index contributed by atoms with van der Waals surface area (Å²) >= 11 is 0. The lowest BCUT2D eigenvalue weighted by Gasteiger charge is -2.21. The average Bonchev–Trinajstić information content (AvgIpc) is 2.83. The zero-order chi connectivity index (χ0) is 25.1. The molecule has 186 valence electrons. The van der Waals surface area contributed by atoms with Gasteiger partial charge in [0.15, 0.2) is 0 Å². The van der Waals surface area contributed by atoms with E-state index in [9.17, 15) is 4.79 Å². The third-order valence-electron chi connectivity index (χ3n) is 6.14. The first-order valence-corrected chi connectivity index (χ1v) is 13.0. The Balaban J connectivity index is 1.67. The molecule has 35 heavy (non-hydrogen) atoms. The lowest BCUT2D eigenvalue weighted by molar-refractivity contribution is 0.195. The van der Waals surface area contributed by atoms with Crippen LogP contribution in [0.25, 0.3) is 11.1 Å². The van der Waals surface area contributed by atoms with E-state index < -0.39 is 6.09 Å². The van der Waals surface area contributed by atoms with Crippen molar-refractivity contribution >= 4 is 6.09 Å². The van der Waals surface area contributed by atoms with Gasteiger partial charge in [0.2, 0.25) is 0 Å². The van der Waals surface area contributed by atoms with Gasteiger partial charge in [-0.15, -0.1) is 0 Å². The fourth-order valence-corrected chi connectivity index (χ4v) is 4.44. The van der Waals surface area contributed by atoms with Crippen LogP contribution in [0.3, 0.4) is 0 Å². The molecule has 0 radical (unpaired) electrons. The summed E-state index contributed by atoms with van der Waals surface area (Å²) in [4.78, 5) is 13.0. The molecule has 0 fully saturated rings. The smallest absolute Gasteiger partial charge is 0.410 e. The van der Waals surface area contributed by atoms with Gasteiger partial charge in [-0.25, -0.2) is 4.79 Å². The first kappa shape index (κ1) is 26.5. The Kier molecular flexibility index (Phi) is 9.96. The summed E-state index contributed by atoms with van der Waals surface area (Å²) in [6.45, 7) is 9.01. The summed E-state index contributed by atoms with van der Waals surface area (Å²) in [5.74, 6) is 0.576. The van der Waals surface area contributed by atoms with Gasteiger partial charge >= 0.3 is 6.09 Å². The molecule has 1 N–H and O–H groups in total. The maximum absolute atomic E-state index is 13.0. The summed E-state index contributed by atoms with van der Waals surface area (Å²) < 4.78 is 5.82. The molecule has 1 unspecified atom stereocenters. The second kappa shape index (κ2) is 13.1. The van der Waals surface area contributed by atoms with Gasteiger partial charge < -0.3 is 10.1 Å². The highest BCUT2D eigenvalue weighted by Crippen LogP contribution is 2.29. The first-order chi connectivity index (χ1) is 16.8. The predicted molar refractivity (Wildman–Crippen MR) is 147 cm³/mol. The summed E-state index contributed by atoms with van der Waals surface area (Å²) in [5.41, 5.74) is 4.81. The molecule has 3 aromatic rings. The van der Waals surface area contributed by atoms with E-state index in [4.69, 9.17) is 4.74 Å². The van der Waals surface area contributed by atoms with Crippen LogP contribution in [0.1, 0.15) is 70.9 Å². The summed E-state index contributed by atoms with van der Waals surface area (Å²) in [6, 6.07) is 26.6. The zero-order valence-corrected chi connectivity index (χ0v) is 21.8. The van der Waals surface area contributed by atoms with Crippen molar-refractivity contribution < 1.29 is 9.53 Å². The van der Waals surface area contributed by atoms with E-state index in [0.29, 0.717) is 5.75 Å². The van der Waals surface area contributed by atoms with Crippen molar-refractivity contribution in [2.75, 3.05) is 0 Å². The number of hydrogen-bond donors (Lipinski definition) is 1. The monoisotopic (exact) mass is 471 g/mol. The van der Waals surface area contributed by atoms with Crippen LogP contribution in [0, 0.1) is 5.41 Å². The molecule has 3 nitrogen and oxygen atoms in total. The largest absolute Gasteiger partial charge is 0.412 e. The van der Waals surface area contributed by atoms with E-state index in [-0.39, 0.29) is 11.5 Å². The Morgan fingerprint density at radius 1 is 0.829 bits per heavy atom. The van der Waals surface area contributed by atoms with Crippen LogP contribution in [-0.2, 0) is 12.8 Å². The van der Waals surface area contributed by atoms with Crippen molar-refractivity contribution in [3.63, 3.8) is 0 Å². The van der Waals surface area contributed by atoms with Crippen LogP contribution in [0.15, 0.2) is 78.9 Å². The highest BCUT2D eigenvalue weighted by molar-refractivity contribution is 5.77. The first-order valence-electron chi connectivity index (χ1n) is 13.0. The van der Waals surface area contributed by atoms with Crippen LogP contribution < -0.4 is 10.1 Å². The second-order valence-electron chi connectivity index (χ2n) is 10.7. The summed E-state index contributed by atoms with van der Waals surface area (Å²) in [7, 11) is 0. The minimum absolute atomic E-state index is 0.0386. The van der Waals surface area contributed by atoms with E-state index >= 15 is 0 Å². The Labute approximate surface area is 211 Å². The molecule has 3 rings (SSSR count). The minimum atomic E-state index is -0.391. The minimum Gasteiger partial charge on any atom is -0.410 e. The standard InChI is InChI=1S/C32H41NO2/c1-5-6-7-11-16-28(23-25-19-21-26(22-20-25)24-32(2,3)4)33-31(34)35-30-18-13-12-17-29(30)27-14-9-8-10-15-27/h8-10,12-15,17-22,28H,5-7,11,16,23-24H2,1-4H3,(H,33,34). The summed E-state index contributed by atoms with van der Waals surface area (Å²) in [5, 5.41) is 3.16. The third kappa shape index (κ3) is 9.24. The van der Waals surface area contributed by atoms with E-state index in [0.717, 1.165) is 36.8 Å². The lowest BCUT2D eigenvalue weighted by Crippen LogP contribution is -2.38. The topological polar surface area (TPSA) is 38.3 Å². The number of carbonyl (C=O) groups is 1. The zero-order valence-electron chi connectivity index (χ0n) is 21.8. The molecule has 0 spiro atoms. The fourth-order valence-electron chi connectivity index (χ4n) is 4.44. The third-order valence-corrected chi connectivity index (χ3v) is 6.14. The average molecular weight is 472 g/mol. The molecule has 1 atom stereocenters. The normalized spacial score (nSPS) is 12.2. The van der Waals surface area contributed by atoms with Crippen molar-refractivity contribution in [1.29, 1.82) is 0 Å². The number of rotatable bonds is 11. The number of benzene rings is 3. The van der Waals surface area contributed by atoms with Crippen LogP contribution in [-0.4, -0.2) is 12.1 Å². The molecule has 1 amide bonds. The molecule has 0 aliphatic rings. The number of ether oxygens (including phenoxy) is 1. The maximum Gasteiger partial charge on any atom is 0.412 e. The van der Waals surface area contributed by atoms with E-state index in [2.05, 4.69) is 57.3 Å². The van der Waals surface area contributed by atoms with Gasteiger partial charge in [0.05, 0.1) is 0 Å². The van der Waals surface area contributed by atoms with Gasteiger partial charge in [-0.1, -0.05) is 126 Å². The SMILES string of the molecule is CCCCCCC(Cc1ccc(CC(C)(C)C)cc1)NC(=O)Oc1ccccc1-c1ccccc1. The molecular formula is C32H41NO2. The molecule has 0 aromatic heterocycles. The van der Waals surface area contributed by atoms with Crippen molar-refractivity contribution in [2.24, 2.45) is 5.41 Å². The molecule has 0 saturated carbocycles. The quantitative estimate of drug-likeness (QED) is 0.284. The Bertz CT molecular complexity index is 1040. The molecule has 0 aliphatic carbocycles. The lowest BCUT2D eigenvalue weighted by atomic mass is 9.87. The highest BCUT2D eigenvalue weighted by atomic mass is 16.6. The number of carbonyl (C=O) groups excluding carboxylic acids is 1. The highest BCUT2D eigenvalue weighted by Gasteiger charge is 2.17. The van der Waals surface area contributed by atoms with E-state index in [1.54, 1.807) is 0 Å². The van der Waals surface area contributed by atoms with Crippen LogP contribution in [0.2, 0.25) is 0 Å². The molecule has 0 aliphatic heterocycles. The molecule has 0 heterocycles. The van der Waals surface area contributed by atoms with Crippen LogP contribution >= 0.6 is 0 Å².